The second-order valence-electron chi connectivity index (χ2n) is 6.35. The van der Waals surface area contributed by atoms with Gasteiger partial charge in [-0.25, -0.2) is 0 Å². The number of hydrogen-bond acceptors (Lipinski definition) is 1. The van der Waals surface area contributed by atoms with Gasteiger partial charge in [0.05, 0.1) is 0 Å². The maximum Gasteiger partial charge on any atom is 0.00672 e. The summed E-state index contributed by atoms with van der Waals surface area (Å²) in [5.41, 5.74) is 0. The van der Waals surface area contributed by atoms with Crippen molar-refractivity contribution in [3.05, 3.63) is 0 Å². The Morgan fingerprint density at radius 3 is 2.35 bits per heavy atom. The van der Waals surface area contributed by atoms with Gasteiger partial charge in [-0.2, -0.15) is 0 Å². The van der Waals surface area contributed by atoms with Crippen molar-refractivity contribution in [3.8, 4) is 0 Å². The molecule has 1 nitrogen and oxygen atoms in total. The molecule has 1 aliphatic carbocycles. The fourth-order valence-electron chi connectivity index (χ4n) is 2.97. The van der Waals surface area contributed by atoms with Gasteiger partial charge in [-0.15, -0.1) is 0 Å². The average molecular weight is 239 g/mol. The summed E-state index contributed by atoms with van der Waals surface area (Å²) in [4.78, 5) is 0. The van der Waals surface area contributed by atoms with Crippen LogP contribution in [0.15, 0.2) is 0 Å². The molecule has 102 valence electrons. The lowest BCUT2D eigenvalue weighted by Gasteiger charge is -2.21. The zero-order valence-corrected chi connectivity index (χ0v) is 12.3. The Balaban J connectivity index is 2.18. The fourth-order valence-corrected chi connectivity index (χ4v) is 2.97. The van der Waals surface area contributed by atoms with Crippen molar-refractivity contribution in [2.24, 2.45) is 11.8 Å². The van der Waals surface area contributed by atoms with Crippen LogP contribution >= 0.6 is 0 Å². The minimum Gasteiger partial charge on any atom is -0.314 e. The third kappa shape index (κ3) is 7.08. The number of nitrogens with one attached hydrogen (secondary N) is 1. The summed E-state index contributed by atoms with van der Waals surface area (Å²) in [6.07, 6.45) is 12.9. The van der Waals surface area contributed by atoms with Gasteiger partial charge in [-0.3, -0.25) is 0 Å². The molecule has 0 spiro atoms. The molecule has 1 rings (SSSR count). The highest BCUT2D eigenvalue weighted by Crippen LogP contribution is 2.29. The van der Waals surface area contributed by atoms with E-state index in [2.05, 4.69) is 26.1 Å². The summed E-state index contributed by atoms with van der Waals surface area (Å²) >= 11 is 0. The minimum absolute atomic E-state index is 0.790. The lowest BCUT2D eigenvalue weighted by atomic mass is 9.94. The third-order valence-corrected chi connectivity index (χ3v) is 4.17. The van der Waals surface area contributed by atoms with Crippen LogP contribution in [0.4, 0.5) is 0 Å². The molecule has 1 unspecified atom stereocenters. The first-order valence-electron chi connectivity index (χ1n) is 7.95. The van der Waals surface area contributed by atoms with Crippen LogP contribution in [0.5, 0.6) is 0 Å². The van der Waals surface area contributed by atoms with E-state index in [1.165, 1.54) is 64.3 Å². The molecule has 0 aliphatic heterocycles. The maximum atomic E-state index is 3.75. The minimum atomic E-state index is 0.790. The quantitative estimate of drug-likeness (QED) is 0.611. The van der Waals surface area contributed by atoms with E-state index < -0.39 is 0 Å². The van der Waals surface area contributed by atoms with Crippen LogP contribution in [0.1, 0.15) is 78.6 Å². The highest BCUT2D eigenvalue weighted by molar-refractivity contribution is 4.73. The van der Waals surface area contributed by atoms with Gasteiger partial charge in [0.15, 0.2) is 0 Å². The van der Waals surface area contributed by atoms with Gasteiger partial charge >= 0.3 is 0 Å². The summed E-state index contributed by atoms with van der Waals surface area (Å²) in [5.74, 6) is 1.91. The van der Waals surface area contributed by atoms with E-state index in [4.69, 9.17) is 0 Å². The third-order valence-electron chi connectivity index (χ3n) is 4.17. The normalized spacial score (nSPS) is 19.1. The molecule has 1 heteroatoms. The summed E-state index contributed by atoms with van der Waals surface area (Å²) in [6, 6.07) is 0.790. The maximum absolute atomic E-state index is 3.75. The first-order chi connectivity index (χ1) is 8.22. The molecule has 17 heavy (non-hydrogen) atoms. The largest absolute Gasteiger partial charge is 0.314 e. The molecule has 0 aromatic carbocycles. The zero-order valence-electron chi connectivity index (χ0n) is 12.3. The van der Waals surface area contributed by atoms with Crippen LogP contribution in [0.3, 0.4) is 0 Å². The molecule has 0 heterocycles. The first-order valence-corrected chi connectivity index (χ1v) is 7.95. The van der Waals surface area contributed by atoms with Crippen molar-refractivity contribution >= 4 is 0 Å². The molecule has 0 amide bonds. The van der Waals surface area contributed by atoms with Gasteiger partial charge in [-0.1, -0.05) is 46.5 Å². The summed E-state index contributed by atoms with van der Waals surface area (Å²) in [7, 11) is 0. The van der Waals surface area contributed by atoms with Gasteiger partial charge in [0, 0.05) is 6.04 Å². The standard InChI is InChI=1S/C16H33N/c1-4-13-17-16(11-9-14(2)3)12-10-15-7-5-6-8-15/h14-17H,4-13H2,1-3H3. The SMILES string of the molecule is CCCNC(CCC(C)C)CCC1CCCC1. The van der Waals surface area contributed by atoms with Gasteiger partial charge in [0.1, 0.15) is 0 Å². The van der Waals surface area contributed by atoms with Crippen LogP contribution in [0, 0.1) is 11.8 Å². The molecule has 1 N–H and O–H groups in total. The summed E-state index contributed by atoms with van der Waals surface area (Å²) < 4.78 is 0. The Morgan fingerprint density at radius 2 is 1.76 bits per heavy atom. The van der Waals surface area contributed by atoms with Crippen molar-refractivity contribution in [1.29, 1.82) is 0 Å². The Hall–Kier alpha value is -0.0400. The van der Waals surface area contributed by atoms with E-state index in [0.717, 1.165) is 17.9 Å². The van der Waals surface area contributed by atoms with Crippen LogP contribution in [0.2, 0.25) is 0 Å². The van der Waals surface area contributed by atoms with Crippen LogP contribution in [0.25, 0.3) is 0 Å². The fraction of sp³-hybridized carbons (Fsp3) is 1.00. The van der Waals surface area contributed by atoms with Crippen molar-refractivity contribution in [1.82, 2.24) is 5.32 Å². The summed E-state index contributed by atoms with van der Waals surface area (Å²) in [5, 5.41) is 3.75. The van der Waals surface area contributed by atoms with Crippen LogP contribution in [-0.2, 0) is 0 Å². The van der Waals surface area contributed by atoms with E-state index in [0.29, 0.717) is 0 Å². The lowest BCUT2D eigenvalue weighted by Crippen LogP contribution is -2.30. The monoisotopic (exact) mass is 239 g/mol. The smallest absolute Gasteiger partial charge is 0.00672 e. The Kier molecular flexibility index (Phi) is 7.92. The number of rotatable bonds is 9. The van der Waals surface area contributed by atoms with E-state index in [-0.39, 0.29) is 0 Å². The molecule has 1 aliphatic rings. The Labute approximate surface area is 109 Å². The van der Waals surface area contributed by atoms with Crippen molar-refractivity contribution in [2.45, 2.75) is 84.6 Å². The second kappa shape index (κ2) is 8.97. The van der Waals surface area contributed by atoms with Crippen molar-refractivity contribution < 1.29 is 0 Å². The molecule has 0 aromatic heterocycles. The van der Waals surface area contributed by atoms with Gasteiger partial charge in [0.2, 0.25) is 0 Å². The predicted octanol–water partition coefficient (Wildman–Crippen LogP) is 4.76. The first kappa shape index (κ1) is 15.0. The van der Waals surface area contributed by atoms with E-state index in [1.54, 1.807) is 0 Å². The van der Waals surface area contributed by atoms with Crippen LogP contribution < -0.4 is 5.32 Å². The van der Waals surface area contributed by atoms with Crippen molar-refractivity contribution in [2.75, 3.05) is 6.54 Å². The molecular formula is C16H33N. The molecule has 1 atom stereocenters. The molecule has 0 saturated heterocycles. The lowest BCUT2D eigenvalue weighted by molar-refractivity contribution is 0.368. The summed E-state index contributed by atoms with van der Waals surface area (Å²) in [6.45, 7) is 8.15. The Bertz CT molecular complexity index is 170. The topological polar surface area (TPSA) is 12.0 Å². The van der Waals surface area contributed by atoms with E-state index in [1.807, 2.05) is 0 Å². The molecule has 0 bridgehead atoms. The van der Waals surface area contributed by atoms with Gasteiger partial charge in [0.25, 0.3) is 0 Å². The molecule has 0 radical (unpaired) electrons. The van der Waals surface area contributed by atoms with E-state index >= 15 is 0 Å². The second-order valence-corrected chi connectivity index (χ2v) is 6.35. The zero-order chi connectivity index (χ0) is 12.5. The highest BCUT2D eigenvalue weighted by atomic mass is 14.9. The molecule has 0 aromatic rings. The molecular weight excluding hydrogens is 206 g/mol. The Morgan fingerprint density at radius 1 is 1.06 bits per heavy atom. The van der Waals surface area contributed by atoms with Gasteiger partial charge < -0.3 is 5.32 Å². The molecule has 1 saturated carbocycles. The van der Waals surface area contributed by atoms with Gasteiger partial charge in [-0.05, 0) is 50.5 Å². The number of hydrogen-bond donors (Lipinski definition) is 1. The predicted molar refractivity (Wildman–Crippen MR) is 77.3 cm³/mol. The van der Waals surface area contributed by atoms with Crippen molar-refractivity contribution in [3.63, 3.8) is 0 Å². The average Bonchev–Trinajstić information content (AvgIpc) is 2.80. The van der Waals surface area contributed by atoms with Crippen LogP contribution in [-0.4, -0.2) is 12.6 Å². The highest BCUT2D eigenvalue weighted by Gasteiger charge is 2.17. The molecule has 1 fully saturated rings. The van der Waals surface area contributed by atoms with E-state index in [9.17, 15) is 0 Å².